The fourth-order valence-corrected chi connectivity index (χ4v) is 5.51. The Morgan fingerprint density at radius 3 is 2.72 bits per heavy atom. The quantitative estimate of drug-likeness (QED) is 0.238. The van der Waals surface area contributed by atoms with Crippen LogP contribution in [0, 0.1) is 0 Å². The number of piperazine rings is 1. The summed E-state index contributed by atoms with van der Waals surface area (Å²) in [4.78, 5) is 26.7. The first-order chi connectivity index (χ1) is 19.0. The SMILES string of the molecule is CN1CCN(C[C@@H](NC(=O)C(=Cc2n[nH]c3ncccc23)c2c[nH]c3ccc(Br)cc23)c2ccccc2)CC1. The fourth-order valence-electron chi connectivity index (χ4n) is 5.15. The monoisotopic (exact) mass is 583 g/mol. The van der Waals surface area contributed by atoms with E-state index in [1.54, 1.807) is 6.20 Å². The predicted molar refractivity (Wildman–Crippen MR) is 159 cm³/mol. The van der Waals surface area contributed by atoms with Gasteiger partial charge in [0.05, 0.1) is 17.3 Å². The molecule has 8 nitrogen and oxygen atoms in total. The van der Waals surface area contributed by atoms with E-state index in [4.69, 9.17) is 0 Å². The Labute approximate surface area is 235 Å². The van der Waals surface area contributed by atoms with Crippen molar-refractivity contribution in [1.82, 2.24) is 35.3 Å². The number of hydrogen-bond acceptors (Lipinski definition) is 5. The van der Waals surface area contributed by atoms with Crippen LogP contribution in [0.4, 0.5) is 0 Å². The van der Waals surface area contributed by atoms with Gasteiger partial charge in [0.2, 0.25) is 0 Å². The minimum atomic E-state index is -0.167. The van der Waals surface area contributed by atoms with Gasteiger partial charge in [-0.3, -0.25) is 14.8 Å². The first-order valence-corrected chi connectivity index (χ1v) is 13.9. The second kappa shape index (κ2) is 11.1. The zero-order chi connectivity index (χ0) is 26.8. The summed E-state index contributed by atoms with van der Waals surface area (Å²) in [7, 11) is 2.15. The van der Waals surface area contributed by atoms with Crippen molar-refractivity contribution in [2.24, 2.45) is 0 Å². The lowest BCUT2D eigenvalue weighted by atomic mass is 10.00. The van der Waals surface area contributed by atoms with E-state index in [9.17, 15) is 4.79 Å². The summed E-state index contributed by atoms with van der Waals surface area (Å²) < 4.78 is 0.947. The molecule has 0 unspecified atom stereocenters. The molecule has 1 amide bonds. The number of halogens is 1. The first-order valence-electron chi connectivity index (χ1n) is 13.1. The molecule has 6 rings (SSSR count). The van der Waals surface area contributed by atoms with E-state index < -0.39 is 0 Å². The van der Waals surface area contributed by atoms with Crippen molar-refractivity contribution < 1.29 is 4.79 Å². The molecule has 4 heterocycles. The van der Waals surface area contributed by atoms with Gasteiger partial charge in [0, 0.05) is 71.4 Å². The minimum Gasteiger partial charge on any atom is -0.361 e. The molecule has 3 N–H and O–H groups in total. The van der Waals surface area contributed by atoms with Gasteiger partial charge >= 0.3 is 0 Å². The lowest BCUT2D eigenvalue weighted by Crippen LogP contribution is -2.47. The second-order valence-electron chi connectivity index (χ2n) is 10.00. The number of likely N-dealkylation sites (N-methyl/N-ethyl adjacent to an activating group) is 1. The van der Waals surface area contributed by atoms with Crippen molar-refractivity contribution in [2.75, 3.05) is 39.8 Å². The van der Waals surface area contributed by atoms with Gasteiger partial charge in [-0.05, 0) is 49.0 Å². The number of nitrogens with zero attached hydrogens (tertiary/aromatic N) is 4. The lowest BCUT2D eigenvalue weighted by Gasteiger charge is -2.35. The summed E-state index contributed by atoms with van der Waals surface area (Å²) in [5, 5.41) is 12.7. The summed E-state index contributed by atoms with van der Waals surface area (Å²) in [5.41, 5.74) is 4.74. The number of hydrogen-bond donors (Lipinski definition) is 3. The molecule has 1 atom stereocenters. The second-order valence-corrected chi connectivity index (χ2v) is 10.9. The highest BCUT2D eigenvalue weighted by molar-refractivity contribution is 9.10. The summed E-state index contributed by atoms with van der Waals surface area (Å²) in [6.07, 6.45) is 5.48. The number of pyridine rings is 1. The van der Waals surface area contributed by atoms with Crippen molar-refractivity contribution in [1.29, 1.82) is 0 Å². The van der Waals surface area contributed by atoms with Gasteiger partial charge in [-0.2, -0.15) is 5.10 Å². The highest BCUT2D eigenvalue weighted by Crippen LogP contribution is 2.31. The summed E-state index contributed by atoms with van der Waals surface area (Å²) in [6.45, 7) is 4.73. The van der Waals surface area contributed by atoms with E-state index in [-0.39, 0.29) is 11.9 Å². The summed E-state index contributed by atoms with van der Waals surface area (Å²) in [5.74, 6) is -0.154. The molecule has 1 aliphatic rings. The number of aromatic amines is 2. The molecule has 2 aromatic carbocycles. The first kappa shape index (κ1) is 25.5. The highest BCUT2D eigenvalue weighted by atomic mass is 79.9. The van der Waals surface area contributed by atoms with Gasteiger partial charge in [0.15, 0.2) is 5.65 Å². The Morgan fingerprint density at radius 1 is 1.08 bits per heavy atom. The van der Waals surface area contributed by atoms with E-state index in [0.717, 1.165) is 64.6 Å². The molecular weight excluding hydrogens is 554 g/mol. The average Bonchev–Trinajstić information content (AvgIpc) is 3.56. The van der Waals surface area contributed by atoms with E-state index in [1.807, 2.05) is 60.8 Å². The van der Waals surface area contributed by atoms with Crippen molar-refractivity contribution in [3.63, 3.8) is 0 Å². The Morgan fingerprint density at radius 2 is 1.90 bits per heavy atom. The number of carbonyl (C=O) groups is 1. The molecule has 0 spiro atoms. The van der Waals surface area contributed by atoms with E-state index in [1.165, 1.54) is 0 Å². The van der Waals surface area contributed by atoms with Gasteiger partial charge in [0.25, 0.3) is 5.91 Å². The van der Waals surface area contributed by atoms with Crippen molar-refractivity contribution in [2.45, 2.75) is 6.04 Å². The minimum absolute atomic E-state index is 0.154. The number of rotatable bonds is 7. The molecule has 5 aromatic rings. The van der Waals surface area contributed by atoms with Crippen molar-refractivity contribution in [3.05, 3.63) is 94.4 Å². The molecule has 1 aliphatic heterocycles. The molecule has 0 saturated carbocycles. The van der Waals surface area contributed by atoms with Crippen molar-refractivity contribution >= 4 is 55.4 Å². The number of H-pyrrole nitrogens is 2. The summed E-state index contributed by atoms with van der Waals surface area (Å²) >= 11 is 3.59. The van der Waals surface area contributed by atoms with Gasteiger partial charge in [-0.1, -0.05) is 46.3 Å². The smallest absolute Gasteiger partial charge is 0.252 e. The third-order valence-corrected chi connectivity index (χ3v) is 7.86. The zero-order valence-electron chi connectivity index (χ0n) is 21.7. The van der Waals surface area contributed by atoms with Gasteiger partial charge < -0.3 is 15.2 Å². The molecular formula is C30H30BrN7O. The maximum Gasteiger partial charge on any atom is 0.252 e. The Bertz CT molecular complexity index is 1630. The van der Waals surface area contributed by atoms with Crippen LogP contribution in [-0.2, 0) is 4.79 Å². The largest absolute Gasteiger partial charge is 0.361 e. The predicted octanol–water partition coefficient (Wildman–Crippen LogP) is 4.85. The number of nitrogens with one attached hydrogen (secondary N) is 3. The maximum atomic E-state index is 14.2. The van der Waals surface area contributed by atoms with Crippen molar-refractivity contribution in [3.8, 4) is 0 Å². The Balaban J connectivity index is 1.40. The van der Waals surface area contributed by atoms with Crippen LogP contribution in [-0.4, -0.2) is 75.6 Å². The van der Waals surface area contributed by atoms with Gasteiger partial charge in [0.1, 0.15) is 0 Å². The van der Waals surface area contributed by atoms with Crippen LogP contribution in [0.25, 0.3) is 33.6 Å². The van der Waals surface area contributed by atoms with Crippen LogP contribution in [0.2, 0.25) is 0 Å². The molecule has 3 aromatic heterocycles. The molecule has 1 fully saturated rings. The molecule has 0 radical (unpaired) electrons. The Kier molecular flexibility index (Phi) is 7.28. The number of carbonyl (C=O) groups excluding carboxylic acids is 1. The molecule has 198 valence electrons. The van der Waals surface area contributed by atoms with E-state index >= 15 is 0 Å². The number of aromatic nitrogens is 4. The number of benzene rings is 2. The summed E-state index contributed by atoms with van der Waals surface area (Å²) in [6, 6.07) is 19.9. The molecule has 9 heteroatoms. The topological polar surface area (TPSA) is 92.9 Å². The molecule has 1 saturated heterocycles. The van der Waals surface area contributed by atoms with Crippen LogP contribution >= 0.6 is 15.9 Å². The third-order valence-electron chi connectivity index (χ3n) is 7.37. The number of amides is 1. The van der Waals surface area contributed by atoms with Gasteiger partial charge in [-0.25, -0.2) is 4.98 Å². The van der Waals surface area contributed by atoms with Crippen LogP contribution in [0.3, 0.4) is 0 Å². The van der Waals surface area contributed by atoms with E-state index in [0.29, 0.717) is 16.9 Å². The van der Waals surface area contributed by atoms with Gasteiger partial charge in [-0.15, -0.1) is 0 Å². The normalized spacial score (nSPS) is 16.1. The third kappa shape index (κ3) is 5.52. The fraction of sp³-hybridized carbons (Fsp3) is 0.233. The van der Waals surface area contributed by atoms with Crippen LogP contribution < -0.4 is 5.32 Å². The Hall–Kier alpha value is -3.79. The molecule has 0 bridgehead atoms. The molecule has 0 aliphatic carbocycles. The molecule has 39 heavy (non-hydrogen) atoms. The van der Waals surface area contributed by atoms with E-state index in [2.05, 4.69) is 70.4 Å². The average molecular weight is 585 g/mol. The zero-order valence-corrected chi connectivity index (χ0v) is 23.3. The van der Waals surface area contributed by atoms with Crippen LogP contribution in [0.15, 0.2) is 77.5 Å². The number of fused-ring (bicyclic) bond motifs is 2. The standard InChI is InChI=1S/C30H30BrN7O/c1-37-12-14-38(15-13-37)19-28(20-6-3-2-4-7-20)34-30(39)24(17-27-22-8-5-11-32-29(22)36-35-27)25-18-33-26-10-9-21(31)16-23(25)26/h2-11,16-18,28,33H,12-15,19H2,1H3,(H,34,39)(H,32,35,36)/t28-/m1/s1. The van der Waals surface area contributed by atoms with Crippen LogP contribution in [0.5, 0.6) is 0 Å². The highest BCUT2D eigenvalue weighted by Gasteiger charge is 2.25. The van der Waals surface area contributed by atoms with Crippen LogP contribution in [0.1, 0.15) is 22.9 Å². The lowest BCUT2D eigenvalue weighted by molar-refractivity contribution is -0.116. The maximum absolute atomic E-state index is 14.2.